The third-order valence-electron chi connectivity index (χ3n) is 5.01. The van der Waals surface area contributed by atoms with Crippen LogP contribution in [-0.2, 0) is 12.0 Å². The molecule has 128 valence electrons. The van der Waals surface area contributed by atoms with Crippen LogP contribution in [0.25, 0.3) is 0 Å². The van der Waals surface area contributed by atoms with Crippen LogP contribution in [0.4, 0.5) is 4.39 Å². The molecule has 3 nitrogen and oxygen atoms in total. The summed E-state index contributed by atoms with van der Waals surface area (Å²) >= 11 is 0. The summed E-state index contributed by atoms with van der Waals surface area (Å²) in [7, 11) is 0. The summed E-state index contributed by atoms with van der Waals surface area (Å²) in [5.41, 5.74) is 0.906. The maximum Gasteiger partial charge on any atom is 0.123 e. The third kappa shape index (κ3) is 3.94. The van der Waals surface area contributed by atoms with Crippen LogP contribution in [0.2, 0.25) is 0 Å². The zero-order chi connectivity index (χ0) is 17.0. The zero-order valence-electron chi connectivity index (χ0n) is 13.7. The van der Waals surface area contributed by atoms with Crippen molar-refractivity contribution in [2.24, 2.45) is 0 Å². The highest BCUT2D eigenvalue weighted by Crippen LogP contribution is 2.37. The molecule has 0 spiro atoms. The van der Waals surface area contributed by atoms with Crippen LogP contribution in [-0.4, -0.2) is 22.8 Å². The molecule has 0 bridgehead atoms. The number of halogens is 1. The minimum atomic E-state index is -0.844. The Morgan fingerprint density at radius 3 is 2.38 bits per heavy atom. The second-order valence-electron chi connectivity index (χ2n) is 6.65. The number of aliphatic hydroxyl groups is 1. The van der Waals surface area contributed by atoms with Gasteiger partial charge in [0, 0.05) is 6.04 Å². The summed E-state index contributed by atoms with van der Waals surface area (Å²) in [4.78, 5) is 0. The Morgan fingerprint density at radius 2 is 1.71 bits per heavy atom. The number of phenols is 1. The van der Waals surface area contributed by atoms with Gasteiger partial charge in [0.2, 0.25) is 0 Å². The number of hydrogen-bond donors (Lipinski definition) is 3. The van der Waals surface area contributed by atoms with Gasteiger partial charge >= 0.3 is 0 Å². The monoisotopic (exact) mass is 329 g/mol. The second kappa shape index (κ2) is 7.32. The molecular weight excluding hydrogens is 305 g/mol. The first-order chi connectivity index (χ1) is 11.6. The number of para-hydroxylation sites is 1. The molecule has 1 fully saturated rings. The highest BCUT2D eigenvalue weighted by atomic mass is 19.1. The van der Waals surface area contributed by atoms with E-state index in [4.69, 9.17) is 0 Å². The fourth-order valence-electron chi connectivity index (χ4n) is 3.48. The first kappa shape index (κ1) is 16.9. The lowest BCUT2D eigenvalue weighted by atomic mass is 9.77. The summed E-state index contributed by atoms with van der Waals surface area (Å²) in [6.07, 6.45) is 3.90. The Morgan fingerprint density at radius 1 is 1.04 bits per heavy atom. The molecule has 24 heavy (non-hydrogen) atoms. The van der Waals surface area contributed by atoms with E-state index in [0.29, 0.717) is 24.6 Å². The average Bonchev–Trinajstić information content (AvgIpc) is 2.59. The molecule has 0 saturated heterocycles. The fraction of sp³-hybridized carbons (Fsp3) is 0.400. The highest BCUT2D eigenvalue weighted by molar-refractivity contribution is 5.31. The summed E-state index contributed by atoms with van der Waals surface area (Å²) in [6.45, 7) is 0.803. The summed E-state index contributed by atoms with van der Waals surface area (Å²) < 4.78 is 13.0. The van der Waals surface area contributed by atoms with Crippen LogP contribution >= 0.6 is 0 Å². The van der Waals surface area contributed by atoms with E-state index in [1.54, 1.807) is 18.2 Å². The molecule has 2 aromatic rings. The largest absolute Gasteiger partial charge is 0.508 e. The third-order valence-corrected chi connectivity index (χ3v) is 5.01. The van der Waals surface area contributed by atoms with Gasteiger partial charge in [-0.3, -0.25) is 0 Å². The van der Waals surface area contributed by atoms with Gasteiger partial charge in [-0.1, -0.05) is 30.3 Å². The molecule has 3 N–H and O–H groups in total. The van der Waals surface area contributed by atoms with Crippen LogP contribution in [0, 0.1) is 5.82 Å². The van der Waals surface area contributed by atoms with Gasteiger partial charge in [0.25, 0.3) is 0 Å². The minimum absolute atomic E-state index is 0.276. The van der Waals surface area contributed by atoms with Crippen molar-refractivity contribution in [2.45, 2.75) is 43.7 Å². The lowest BCUT2D eigenvalue weighted by Crippen LogP contribution is -2.40. The maximum atomic E-state index is 13.0. The van der Waals surface area contributed by atoms with Gasteiger partial charge in [0.1, 0.15) is 11.6 Å². The van der Waals surface area contributed by atoms with Crippen molar-refractivity contribution < 1.29 is 14.6 Å². The summed E-state index contributed by atoms with van der Waals surface area (Å²) in [5, 5.41) is 24.1. The number of aromatic hydroxyl groups is 1. The fourth-order valence-corrected chi connectivity index (χ4v) is 3.48. The lowest BCUT2D eigenvalue weighted by molar-refractivity contribution is -0.00829. The van der Waals surface area contributed by atoms with Gasteiger partial charge in [-0.2, -0.15) is 0 Å². The predicted molar refractivity (Wildman–Crippen MR) is 92.4 cm³/mol. The minimum Gasteiger partial charge on any atom is -0.508 e. The van der Waals surface area contributed by atoms with E-state index in [9.17, 15) is 14.6 Å². The first-order valence-corrected chi connectivity index (χ1v) is 8.55. The topological polar surface area (TPSA) is 52.5 Å². The second-order valence-corrected chi connectivity index (χ2v) is 6.65. The predicted octanol–water partition coefficient (Wildman–Crippen LogP) is 3.49. The van der Waals surface area contributed by atoms with Gasteiger partial charge in [-0.25, -0.2) is 4.39 Å². The molecule has 0 atom stereocenters. The number of nitrogens with one attached hydrogen (secondary N) is 1. The van der Waals surface area contributed by atoms with Gasteiger partial charge < -0.3 is 15.5 Å². The van der Waals surface area contributed by atoms with Gasteiger partial charge in [0.15, 0.2) is 0 Å². The Labute approximate surface area is 142 Å². The number of benzene rings is 2. The highest BCUT2D eigenvalue weighted by Gasteiger charge is 2.34. The number of phenolic OH excluding ortho intramolecular Hbond substituents is 1. The molecule has 2 aromatic carbocycles. The van der Waals surface area contributed by atoms with Crippen LogP contribution in [0.15, 0.2) is 48.5 Å². The molecule has 0 heterocycles. The van der Waals surface area contributed by atoms with Crippen molar-refractivity contribution in [2.75, 3.05) is 6.54 Å². The molecule has 1 aliphatic rings. The van der Waals surface area contributed by atoms with E-state index in [-0.39, 0.29) is 5.82 Å². The molecule has 0 unspecified atom stereocenters. The molecular formula is C20H24FNO2. The van der Waals surface area contributed by atoms with Crippen molar-refractivity contribution in [3.63, 3.8) is 0 Å². The Bertz CT molecular complexity index is 664. The van der Waals surface area contributed by atoms with Crippen molar-refractivity contribution in [3.05, 3.63) is 65.5 Å². The van der Waals surface area contributed by atoms with Crippen LogP contribution in [0.5, 0.6) is 5.75 Å². The van der Waals surface area contributed by atoms with E-state index in [0.717, 1.165) is 36.9 Å². The van der Waals surface area contributed by atoms with Crippen molar-refractivity contribution in [3.8, 4) is 5.75 Å². The van der Waals surface area contributed by atoms with Crippen LogP contribution in [0.1, 0.15) is 36.8 Å². The number of hydrogen-bond acceptors (Lipinski definition) is 3. The zero-order valence-corrected chi connectivity index (χ0v) is 13.7. The Hall–Kier alpha value is -1.91. The molecule has 0 aromatic heterocycles. The summed E-state index contributed by atoms with van der Waals surface area (Å²) in [6, 6.07) is 13.9. The Balaban J connectivity index is 1.48. The molecule has 0 radical (unpaired) electrons. The van der Waals surface area contributed by atoms with Gasteiger partial charge in [-0.15, -0.1) is 0 Å². The van der Waals surface area contributed by atoms with Gasteiger partial charge in [0.05, 0.1) is 5.60 Å². The van der Waals surface area contributed by atoms with E-state index in [1.807, 2.05) is 18.2 Å². The van der Waals surface area contributed by atoms with E-state index >= 15 is 0 Å². The van der Waals surface area contributed by atoms with E-state index in [2.05, 4.69) is 5.32 Å². The average molecular weight is 329 g/mol. The SMILES string of the molecule is Oc1ccccc1CCNC1CCC(O)(c2ccc(F)cc2)CC1. The smallest absolute Gasteiger partial charge is 0.123 e. The lowest BCUT2D eigenvalue weighted by Gasteiger charge is -2.37. The van der Waals surface area contributed by atoms with Crippen molar-refractivity contribution in [1.82, 2.24) is 5.32 Å². The first-order valence-electron chi connectivity index (χ1n) is 8.55. The van der Waals surface area contributed by atoms with Crippen LogP contribution < -0.4 is 5.32 Å². The van der Waals surface area contributed by atoms with Gasteiger partial charge in [-0.05, 0) is 68.0 Å². The molecule has 4 heteroatoms. The van der Waals surface area contributed by atoms with Crippen molar-refractivity contribution in [1.29, 1.82) is 0 Å². The quantitative estimate of drug-likeness (QED) is 0.787. The van der Waals surface area contributed by atoms with E-state index in [1.165, 1.54) is 12.1 Å². The molecule has 1 aliphatic carbocycles. The standard InChI is InChI=1S/C20H24FNO2/c21-17-7-5-16(6-8-17)20(24)12-9-18(10-13-20)22-14-11-15-3-1-2-4-19(15)23/h1-8,18,22-24H,9-14H2. The summed E-state index contributed by atoms with van der Waals surface area (Å²) in [5.74, 6) is 0.0653. The van der Waals surface area contributed by atoms with Crippen LogP contribution in [0.3, 0.4) is 0 Å². The van der Waals surface area contributed by atoms with E-state index < -0.39 is 5.60 Å². The molecule has 0 amide bonds. The van der Waals surface area contributed by atoms with Crippen molar-refractivity contribution >= 4 is 0 Å². The molecule has 0 aliphatic heterocycles. The Kier molecular flexibility index (Phi) is 5.17. The normalized spacial score (nSPS) is 24.0. The number of rotatable bonds is 5. The molecule has 1 saturated carbocycles. The molecule has 3 rings (SSSR count). The maximum absolute atomic E-state index is 13.0.